The van der Waals surface area contributed by atoms with Crippen molar-refractivity contribution in [2.45, 2.75) is 19.6 Å². The Balaban J connectivity index is 3.01. The van der Waals surface area contributed by atoms with Crippen molar-refractivity contribution in [3.05, 3.63) is 47.5 Å². The molecular formula is C11H14O2. The van der Waals surface area contributed by atoms with Crippen LogP contribution in [0.1, 0.15) is 16.7 Å². The van der Waals surface area contributed by atoms with Crippen LogP contribution in [-0.2, 0) is 19.6 Å². The largest absolute Gasteiger partial charge is 0.392 e. The van der Waals surface area contributed by atoms with E-state index in [2.05, 4.69) is 6.58 Å². The molecule has 1 rings (SSSR count). The Bertz CT molecular complexity index is 292. The second kappa shape index (κ2) is 4.80. The normalized spacial score (nSPS) is 10.0. The molecule has 0 saturated heterocycles. The lowest BCUT2D eigenvalue weighted by Gasteiger charge is -2.06. The van der Waals surface area contributed by atoms with Gasteiger partial charge in [0.2, 0.25) is 0 Å². The summed E-state index contributed by atoms with van der Waals surface area (Å²) in [4.78, 5) is 0. The quantitative estimate of drug-likeness (QED) is 0.684. The Morgan fingerprint density at radius 2 is 1.92 bits per heavy atom. The van der Waals surface area contributed by atoms with Crippen molar-refractivity contribution in [2.24, 2.45) is 0 Å². The first-order chi connectivity index (χ1) is 6.31. The van der Waals surface area contributed by atoms with Crippen molar-refractivity contribution >= 4 is 0 Å². The van der Waals surface area contributed by atoms with E-state index in [0.29, 0.717) is 0 Å². The van der Waals surface area contributed by atoms with Crippen molar-refractivity contribution in [1.29, 1.82) is 0 Å². The molecule has 1 aromatic carbocycles. The van der Waals surface area contributed by atoms with Crippen molar-refractivity contribution < 1.29 is 10.2 Å². The van der Waals surface area contributed by atoms with E-state index in [1.54, 1.807) is 6.08 Å². The van der Waals surface area contributed by atoms with Crippen molar-refractivity contribution in [2.75, 3.05) is 0 Å². The smallest absolute Gasteiger partial charge is 0.0684 e. The molecule has 2 heteroatoms. The third-order valence-corrected chi connectivity index (χ3v) is 1.99. The summed E-state index contributed by atoms with van der Waals surface area (Å²) in [6.07, 6.45) is 2.51. The van der Waals surface area contributed by atoms with E-state index < -0.39 is 0 Å². The van der Waals surface area contributed by atoms with Gasteiger partial charge < -0.3 is 10.2 Å². The molecular weight excluding hydrogens is 164 g/mol. The lowest BCUT2D eigenvalue weighted by Crippen LogP contribution is -1.95. The predicted octanol–water partition coefficient (Wildman–Crippen LogP) is 1.40. The average Bonchev–Trinajstić information content (AvgIpc) is 2.18. The summed E-state index contributed by atoms with van der Waals surface area (Å²) in [5, 5.41) is 17.9. The van der Waals surface area contributed by atoms with Crippen LogP contribution >= 0.6 is 0 Å². The number of rotatable bonds is 4. The summed E-state index contributed by atoms with van der Waals surface area (Å²) in [5.74, 6) is 0. The maximum atomic E-state index is 9.01. The highest BCUT2D eigenvalue weighted by Crippen LogP contribution is 2.13. The van der Waals surface area contributed by atoms with Crippen LogP contribution in [0, 0.1) is 0 Å². The summed E-state index contributed by atoms with van der Waals surface area (Å²) >= 11 is 0. The van der Waals surface area contributed by atoms with E-state index >= 15 is 0 Å². The SMILES string of the molecule is C=CCc1cc(CO)ccc1CO. The van der Waals surface area contributed by atoms with Gasteiger partial charge in [0, 0.05) is 0 Å². The van der Waals surface area contributed by atoms with E-state index in [4.69, 9.17) is 10.2 Å². The molecule has 0 unspecified atom stereocenters. The minimum atomic E-state index is 0.0366. The van der Waals surface area contributed by atoms with Gasteiger partial charge in [-0.15, -0.1) is 6.58 Å². The van der Waals surface area contributed by atoms with Gasteiger partial charge in [0.15, 0.2) is 0 Å². The molecule has 0 fully saturated rings. The number of aliphatic hydroxyl groups is 2. The van der Waals surface area contributed by atoms with Gasteiger partial charge in [-0.1, -0.05) is 24.3 Å². The number of aliphatic hydroxyl groups excluding tert-OH is 2. The first kappa shape index (κ1) is 9.96. The summed E-state index contributed by atoms with van der Waals surface area (Å²) in [7, 11) is 0. The molecule has 0 aliphatic rings. The van der Waals surface area contributed by atoms with Crippen LogP contribution in [0.15, 0.2) is 30.9 Å². The summed E-state index contributed by atoms with van der Waals surface area (Å²) in [5.41, 5.74) is 2.80. The fraction of sp³-hybridized carbons (Fsp3) is 0.273. The lowest BCUT2D eigenvalue weighted by molar-refractivity contribution is 0.277. The van der Waals surface area contributed by atoms with Gasteiger partial charge in [-0.2, -0.15) is 0 Å². The molecule has 1 aromatic rings. The Kier molecular flexibility index (Phi) is 3.68. The van der Waals surface area contributed by atoms with Gasteiger partial charge >= 0.3 is 0 Å². The third kappa shape index (κ3) is 2.41. The molecule has 0 amide bonds. The molecule has 0 saturated carbocycles. The van der Waals surface area contributed by atoms with Gasteiger partial charge in [-0.05, 0) is 23.1 Å². The van der Waals surface area contributed by atoms with Crippen LogP contribution in [0.2, 0.25) is 0 Å². The summed E-state index contributed by atoms with van der Waals surface area (Å²) in [6.45, 7) is 3.72. The van der Waals surface area contributed by atoms with Gasteiger partial charge in [-0.3, -0.25) is 0 Å². The molecule has 70 valence electrons. The van der Waals surface area contributed by atoms with Gasteiger partial charge in [0.1, 0.15) is 0 Å². The van der Waals surface area contributed by atoms with Crippen molar-refractivity contribution in [3.8, 4) is 0 Å². The number of hydrogen-bond acceptors (Lipinski definition) is 2. The van der Waals surface area contributed by atoms with E-state index in [0.717, 1.165) is 23.1 Å². The summed E-state index contributed by atoms with van der Waals surface area (Å²) < 4.78 is 0. The first-order valence-corrected chi connectivity index (χ1v) is 4.25. The Morgan fingerprint density at radius 1 is 1.15 bits per heavy atom. The van der Waals surface area contributed by atoms with Gasteiger partial charge in [0.25, 0.3) is 0 Å². The fourth-order valence-corrected chi connectivity index (χ4v) is 1.28. The van der Waals surface area contributed by atoms with Gasteiger partial charge in [0.05, 0.1) is 13.2 Å². The third-order valence-electron chi connectivity index (χ3n) is 1.99. The minimum Gasteiger partial charge on any atom is -0.392 e. The molecule has 0 aliphatic carbocycles. The van der Waals surface area contributed by atoms with E-state index in [9.17, 15) is 0 Å². The fourth-order valence-electron chi connectivity index (χ4n) is 1.28. The Hall–Kier alpha value is -1.12. The van der Waals surface area contributed by atoms with Crippen LogP contribution in [0.4, 0.5) is 0 Å². The van der Waals surface area contributed by atoms with Crippen molar-refractivity contribution in [3.63, 3.8) is 0 Å². The molecule has 2 N–H and O–H groups in total. The number of allylic oxidation sites excluding steroid dienone is 1. The second-order valence-corrected chi connectivity index (χ2v) is 2.91. The molecule has 0 atom stereocenters. The van der Waals surface area contributed by atoms with E-state index in [1.807, 2.05) is 18.2 Å². The van der Waals surface area contributed by atoms with Crippen LogP contribution in [0.25, 0.3) is 0 Å². The maximum absolute atomic E-state index is 9.01. The highest BCUT2D eigenvalue weighted by molar-refractivity contribution is 5.32. The minimum absolute atomic E-state index is 0.0366. The number of hydrogen-bond donors (Lipinski definition) is 2. The van der Waals surface area contributed by atoms with E-state index in [-0.39, 0.29) is 13.2 Å². The Morgan fingerprint density at radius 3 is 2.46 bits per heavy atom. The predicted molar refractivity (Wildman–Crippen MR) is 52.2 cm³/mol. The monoisotopic (exact) mass is 178 g/mol. The van der Waals surface area contributed by atoms with E-state index in [1.165, 1.54) is 0 Å². The maximum Gasteiger partial charge on any atom is 0.0684 e. The standard InChI is InChI=1S/C11H14O2/c1-2-3-10-6-9(7-12)4-5-11(10)8-13/h2,4-6,12-13H,1,3,7-8H2. The Labute approximate surface area is 78.2 Å². The first-order valence-electron chi connectivity index (χ1n) is 4.25. The van der Waals surface area contributed by atoms with Crippen LogP contribution in [-0.4, -0.2) is 10.2 Å². The van der Waals surface area contributed by atoms with Gasteiger partial charge in [-0.25, -0.2) is 0 Å². The molecule has 2 nitrogen and oxygen atoms in total. The molecule has 13 heavy (non-hydrogen) atoms. The topological polar surface area (TPSA) is 40.5 Å². The molecule has 0 aromatic heterocycles. The van der Waals surface area contributed by atoms with Crippen LogP contribution < -0.4 is 0 Å². The van der Waals surface area contributed by atoms with Crippen molar-refractivity contribution in [1.82, 2.24) is 0 Å². The second-order valence-electron chi connectivity index (χ2n) is 2.91. The zero-order valence-corrected chi connectivity index (χ0v) is 7.53. The van der Waals surface area contributed by atoms with Crippen LogP contribution in [0.5, 0.6) is 0 Å². The number of benzene rings is 1. The molecule has 0 bridgehead atoms. The highest BCUT2D eigenvalue weighted by Gasteiger charge is 2.00. The molecule has 0 aliphatic heterocycles. The highest BCUT2D eigenvalue weighted by atomic mass is 16.3. The van der Waals surface area contributed by atoms with Crippen LogP contribution in [0.3, 0.4) is 0 Å². The lowest BCUT2D eigenvalue weighted by atomic mass is 10.0. The zero-order valence-electron chi connectivity index (χ0n) is 7.53. The molecule has 0 heterocycles. The molecule has 0 spiro atoms. The summed E-state index contributed by atoms with van der Waals surface area (Å²) in [6, 6.07) is 5.55. The average molecular weight is 178 g/mol. The molecule has 0 radical (unpaired) electrons. The zero-order chi connectivity index (χ0) is 9.68.